The van der Waals surface area contributed by atoms with Crippen molar-refractivity contribution in [2.75, 3.05) is 7.11 Å². The summed E-state index contributed by atoms with van der Waals surface area (Å²) in [6.07, 6.45) is 0. The number of rotatable bonds is 2. The number of aryl methyl sites for hydroxylation is 1. The first kappa shape index (κ1) is 10.8. The maximum Gasteiger partial charge on any atom is 0.148 e. The molecule has 0 aliphatic rings. The Bertz CT molecular complexity index is 505. The molecule has 2 rings (SSSR count). The highest BCUT2D eigenvalue weighted by Gasteiger charge is 2.15. The van der Waals surface area contributed by atoms with E-state index in [2.05, 4.69) is 15.9 Å². The van der Waals surface area contributed by atoms with Gasteiger partial charge in [-0.2, -0.15) is 0 Å². The van der Waals surface area contributed by atoms with Crippen LogP contribution in [0.25, 0.3) is 11.0 Å². The molecule has 0 saturated heterocycles. The Balaban J connectivity index is 2.84. The van der Waals surface area contributed by atoms with Crippen LogP contribution >= 0.6 is 27.5 Å². The molecule has 2 nitrogen and oxygen atoms in total. The van der Waals surface area contributed by atoms with Crippen molar-refractivity contribution >= 4 is 38.5 Å². The number of alkyl halides is 1. The second kappa shape index (κ2) is 4.06. The van der Waals surface area contributed by atoms with E-state index in [9.17, 15) is 0 Å². The van der Waals surface area contributed by atoms with Crippen LogP contribution in [0.5, 0.6) is 5.75 Å². The van der Waals surface area contributed by atoms with E-state index >= 15 is 0 Å². The summed E-state index contributed by atoms with van der Waals surface area (Å²) in [6, 6.07) is 3.64. The molecule has 1 aromatic carbocycles. The molecule has 0 bridgehead atoms. The van der Waals surface area contributed by atoms with E-state index < -0.39 is 0 Å². The Kier molecular flexibility index (Phi) is 2.94. The van der Waals surface area contributed by atoms with Gasteiger partial charge in [0, 0.05) is 5.56 Å². The summed E-state index contributed by atoms with van der Waals surface area (Å²) in [5, 5.41) is 2.25. The second-order valence-corrected chi connectivity index (χ2v) is 4.21. The fraction of sp³-hybridized carbons (Fsp3) is 0.273. The maximum absolute atomic E-state index is 6.05. The normalized spacial score (nSPS) is 10.9. The van der Waals surface area contributed by atoms with Crippen molar-refractivity contribution in [3.63, 3.8) is 0 Å². The van der Waals surface area contributed by atoms with Crippen LogP contribution < -0.4 is 4.74 Å². The number of halogens is 2. The van der Waals surface area contributed by atoms with Crippen molar-refractivity contribution in [2.45, 2.75) is 12.3 Å². The Hall–Kier alpha value is -0.670. The number of fused-ring (bicyclic) bond motifs is 1. The first-order valence-electron chi connectivity index (χ1n) is 4.49. The topological polar surface area (TPSA) is 22.4 Å². The summed E-state index contributed by atoms with van der Waals surface area (Å²) in [6.45, 7) is 2.00. The molecule has 0 spiro atoms. The highest BCUT2D eigenvalue weighted by Crippen LogP contribution is 2.38. The fourth-order valence-electron chi connectivity index (χ4n) is 1.66. The molecule has 0 atom stereocenters. The smallest absolute Gasteiger partial charge is 0.148 e. The molecular weight excluding hydrogens is 279 g/mol. The molecule has 1 heterocycles. The third-order valence-electron chi connectivity index (χ3n) is 2.42. The van der Waals surface area contributed by atoms with Gasteiger partial charge >= 0.3 is 0 Å². The Morgan fingerprint density at radius 3 is 2.80 bits per heavy atom. The van der Waals surface area contributed by atoms with Crippen molar-refractivity contribution in [1.82, 2.24) is 0 Å². The van der Waals surface area contributed by atoms with E-state index in [1.54, 1.807) is 13.2 Å². The average Bonchev–Trinajstić information content (AvgIpc) is 2.56. The van der Waals surface area contributed by atoms with Crippen molar-refractivity contribution in [3.8, 4) is 5.75 Å². The standard InChI is InChI=1S/C11H10BrClO2/c1-6-9(5-12)15-8-4-3-7(13)11(14-2)10(6)8/h3-4H,5H2,1-2H3. The SMILES string of the molecule is COc1c(Cl)ccc2oc(CBr)c(C)c12. The van der Waals surface area contributed by atoms with E-state index in [0.717, 1.165) is 22.3 Å². The molecule has 80 valence electrons. The lowest BCUT2D eigenvalue weighted by molar-refractivity contribution is 0.419. The predicted molar refractivity (Wildman–Crippen MR) is 65.1 cm³/mol. The minimum Gasteiger partial charge on any atom is -0.494 e. The Morgan fingerprint density at radius 1 is 1.47 bits per heavy atom. The third-order valence-corrected chi connectivity index (χ3v) is 3.23. The Morgan fingerprint density at radius 2 is 2.20 bits per heavy atom. The van der Waals surface area contributed by atoms with Gasteiger partial charge in [0.25, 0.3) is 0 Å². The lowest BCUT2D eigenvalue weighted by Crippen LogP contribution is -1.86. The van der Waals surface area contributed by atoms with Crippen LogP contribution in [0.4, 0.5) is 0 Å². The zero-order valence-electron chi connectivity index (χ0n) is 8.43. The quantitative estimate of drug-likeness (QED) is 0.769. The van der Waals surface area contributed by atoms with Crippen LogP contribution in [0.15, 0.2) is 16.5 Å². The summed E-state index contributed by atoms with van der Waals surface area (Å²) in [5.74, 6) is 1.59. The van der Waals surface area contributed by atoms with Gasteiger partial charge < -0.3 is 9.15 Å². The molecule has 2 aromatic rings. The molecule has 15 heavy (non-hydrogen) atoms. The van der Waals surface area contributed by atoms with Crippen LogP contribution in [-0.4, -0.2) is 7.11 Å². The molecule has 4 heteroatoms. The number of furan rings is 1. The van der Waals surface area contributed by atoms with Crippen LogP contribution in [0.3, 0.4) is 0 Å². The van der Waals surface area contributed by atoms with Gasteiger partial charge in [-0.3, -0.25) is 0 Å². The Labute approximate surface area is 101 Å². The monoisotopic (exact) mass is 288 g/mol. The van der Waals surface area contributed by atoms with Crippen LogP contribution in [0.1, 0.15) is 11.3 Å². The zero-order chi connectivity index (χ0) is 11.0. The lowest BCUT2D eigenvalue weighted by atomic mass is 10.1. The van der Waals surface area contributed by atoms with Crippen molar-refractivity contribution in [1.29, 1.82) is 0 Å². The van der Waals surface area contributed by atoms with Crippen LogP contribution in [0, 0.1) is 6.92 Å². The molecule has 0 amide bonds. The van der Waals surface area contributed by atoms with Gasteiger partial charge in [-0.25, -0.2) is 0 Å². The van der Waals surface area contributed by atoms with Gasteiger partial charge in [-0.15, -0.1) is 0 Å². The van der Waals surface area contributed by atoms with Crippen molar-refractivity contribution in [2.24, 2.45) is 0 Å². The van der Waals surface area contributed by atoms with Gasteiger partial charge in [-0.1, -0.05) is 27.5 Å². The number of hydrogen-bond donors (Lipinski definition) is 0. The van der Waals surface area contributed by atoms with E-state index in [1.165, 1.54) is 0 Å². The molecule has 0 fully saturated rings. The summed E-state index contributed by atoms with van der Waals surface area (Å²) in [4.78, 5) is 0. The summed E-state index contributed by atoms with van der Waals surface area (Å²) in [5.41, 5.74) is 1.88. The highest BCUT2D eigenvalue weighted by molar-refractivity contribution is 9.08. The van der Waals surface area contributed by atoms with Gasteiger partial charge in [0.05, 0.1) is 22.8 Å². The van der Waals surface area contributed by atoms with E-state index in [4.69, 9.17) is 20.8 Å². The number of ether oxygens (including phenoxy) is 1. The predicted octanol–water partition coefficient (Wildman–Crippen LogP) is 4.30. The van der Waals surface area contributed by atoms with E-state index in [0.29, 0.717) is 16.1 Å². The van der Waals surface area contributed by atoms with Crippen molar-refractivity contribution < 1.29 is 9.15 Å². The highest BCUT2D eigenvalue weighted by atomic mass is 79.9. The average molecular weight is 290 g/mol. The van der Waals surface area contributed by atoms with E-state index in [-0.39, 0.29) is 0 Å². The van der Waals surface area contributed by atoms with Gasteiger partial charge in [0.2, 0.25) is 0 Å². The van der Waals surface area contributed by atoms with Crippen LogP contribution in [-0.2, 0) is 5.33 Å². The number of hydrogen-bond acceptors (Lipinski definition) is 2. The molecule has 1 aromatic heterocycles. The molecule has 0 radical (unpaired) electrons. The largest absolute Gasteiger partial charge is 0.494 e. The summed E-state index contributed by atoms with van der Waals surface area (Å²) < 4.78 is 10.9. The molecular formula is C11H10BrClO2. The molecule has 0 aliphatic carbocycles. The number of methoxy groups -OCH3 is 1. The lowest BCUT2D eigenvalue weighted by Gasteiger charge is -2.03. The third kappa shape index (κ3) is 1.64. The summed E-state index contributed by atoms with van der Waals surface area (Å²) in [7, 11) is 1.61. The van der Waals surface area contributed by atoms with E-state index in [1.807, 2.05) is 13.0 Å². The molecule has 0 aliphatic heterocycles. The first-order chi connectivity index (χ1) is 7.19. The van der Waals surface area contributed by atoms with Gasteiger partial charge in [-0.05, 0) is 19.1 Å². The van der Waals surface area contributed by atoms with Gasteiger partial charge in [0.1, 0.15) is 17.1 Å². The second-order valence-electron chi connectivity index (χ2n) is 3.24. The number of benzene rings is 1. The molecule has 0 saturated carbocycles. The first-order valence-corrected chi connectivity index (χ1v) is 5.99. The molecule has 0 unspecified atom stereocenters. The fourth-order valence-corrected chi connectivity index (χ4v) is 2.42. The minimum absolute atomic E-state index is 0.607. The van der Waals surface area contributed by atoms with Crippen LogP contribution in [0.2, 0.25) is 5.02 Å². The van der Waals surface area contributed by atoms with Crippen molar-refractivity contribution in [3.05, 3.63) is 28.5 Å². The minimum atomic E-state index is 0.607. The zero-order valence-corrected chi connectivity index (χ0v) is 10.8. The maximum atomic E-state index is 6.05. The molecule has 0 N–H and O–H groups in total. The van der Waals surface area contributed by atoms with Gasteiger partial charge in [0.15, 0.2) is 0 Å². The summed E-state index contributed by atoms with van der Waals surface area (Å²) >= 11 is 9.43.